The third kappa shape index (κ3) is 3.49. The van der Waals surface area contributed by atoms with E-state index in [4.69, 9.17) is 14.2 Å². The van der Waals surface area contributed by atoms with E-state index in [9.17, 15) is 14.4 Å². The molecule has 1 saturated heterocycles. The molecule has 2 aliphatic rings. The first-order valence-corrected chi connectivity index (χ1v) is 9.06. The van der Waals surface area contributed by atoms with Crippen molar-refractivity contribution in [2.24, 2.45) is 5.92 Å². The molecule has 1 aliphatic carbocycles. The molecule has 1 N–H and O–H groups in total. The highest BCUT2D eigenvalue weighted by molar-refractivity contribution is 5.89. The number of hydrazine groups is 1. The highest BCUT2D eigenvalue weighted by Gasteiger charge is 2.64. The molecule has 1 aliphatic heterocycles. The monoisotopic (exact) mass is 376 g/mol. The summed E-state index contributed by atoms with van der Waals surface area (Å²) in [5.41, 5.74) is 2.63. The number of ether oxygens (including phenoxy) is 3. The summed E-state index contributed by atoms with van der Waals surface area (Å²) in [5.74, 6) is -1.47. The highest BCUT2D eigenvalue weighted by Crippen LogP contribution is 2.45. The van der Waals surface area contributed by atoms with Gasteiger partial charge in [0.25, 0.3) is 0 Å². The number of methoxy groups -OCH3 is 1. The lowest BCUT2D eigenvalue weighted by molar-refractivity contribution is -0.150. The molecule has 27 heavy (non-hydrogen) atoms. The third-order valence-electron chi connectivity index (χ3n) is 5.18. The van der Waals surface area contributed by atoms with Crippen LogP contribution in [0.25, 0.3) is 0 Å². The maximum absolute atomic E-state index is 12.7. The van der Waals surface area contributed by atoms with Crippen molar-refractivity contribution in [1.82, 2.24) is 10.4 Å². The van der Waals surface area contributed by atoms with Gasteiger partial charge in [-0.15, -0.1) is 0 Å². The molecule has 8 heteroatoms. The fourth-order valence-electron chi connectivity index (χ4n) is 3.99. The molecule has 2 fully saturated rings. The summed E-state index contributed by atoms with van der Waals surface area (Å²) >= 11 is 0. The summed E-state index contributed by atoms with van der Waals surface area (Å²) in [6, 6.07) is 8.28. The number of hydrogen-bond acceptors (Lipinski definition) is 7. The second kappa shape index (κ2) is 7.96. The van der Waals surface area contributed by atoms with E-state index in [2.05, 4.69) is 5.43 Å². The number of hydrogen-bond donors (Lipinski definition) is 1. The van der Waals surface area contributed by atoms with Crippen LogP contribution in [0.15, 0.2) is 30.3 Å². The van der Waals surface area contributed by atoms with Gasteiger partial charge >= 0.3 is 18.0 Å². The summed E-state index contributed by atoms with van der Waals surface area (Å²) in [5, 5.41) is 1.10. The zero-order chi connectivity index (χ0) is 19.4. The van der Waals surface area contributed by atoms with Crippen LogP contribution in [-0.2, 0) is 30.4 Å². The topological polar surface area (TPSA) is 94.2 Å². The first-order valence-electron chi connectivity index (χ1n) is 9.06. The van der Waals surface area contributed by atoms with Crippen molar-refractivity contribution >= 4 is 18.0 Å². The Morgan fingerprint density at radius 2 is 1.96 bits per heavy atom. The summed E-state index contributed by atoms with van der Waals surface area (Å²) in [4.78, 5) is 37.7. The lowest BCUT2D eigenvalue weighted by atomic mass is 9.84. The van der Waals surface area contributed by atoms with E-state index in [1.807, 2.05) is 30.3 Å². The van der Waals surface area contributed by atoms with Crippen LogP contribution in [0.5, 0.6) is 0 Å². The molecule has 0 unspecified atom stereocenters. The number of nitrogens with zero attached hydrogens (tertiary/aromatic N) is 1. The predicted molar refractivity (Wildman–Crippen MR) is 94.1 cm³/mol. The first-order chi connectivity index (χ1) is 13.0. The highest BCUT2D eigenvalue weighted by atomic mass is 16.6. The van der Waals surface area contributed by atoms with Gasteiger partial charge in [-0.25, -0.2) is 24.8 Å². The van der Waals surface area contributed by atoms with Crippen LogP contribution in [0, 0.1) is 5.92 Å². The normalized spacial score (nSPS) is 26.4. The predicted octanol–water partition coefficient (Wildman–Crippen LogP) is 1.79. The van der Waals surface area contributed by atoms with Crippen LogP contribution < -0.4 is 5.43 Å². The van der Waals surface area contributed by atoms with Crippen molar-refractivity contribution < 1.29 is 28.6 Å². The number of carbonyl (C=O) groups is 3. The van der Waals surface area contributed by atoms with E-state index in [0.29, 0.717) is 12.8 Å². The molecule has 1 heterocycles. The minimum Gasteiger partial charge on any atom is -0.468 e. The van der Waals surface area contributed by atoms with Crippen molar-refractivity contribution in [2.45, 2.75) is 44.4 Å². The molecule has 146 valence electrons. The third-order valence-corrected chi connectivity index (χ3v) is 5.18. The summed E-state index contributed by atoms with van der Waals surface area (Å²) in [6.07, 6.45) is 1.10. The quantitative estimate of drug-likeness (QED) is 0.618. The number of carbonyl (C=O) groups excluding carboxylic acids is 3. The molecule has 8 nitrogen and oxygen atoms in total. The fraction of sp³-hybridized carbons (Fsp3) is 0.526. The van der Waals surface area contributed by atoms with E-state index in [1.165, 1.54) is 7.11 Å². The fourth-order valence-corrected chi connectivity index (χ4v) is 3.99. The minimum atomic E-state index is -1.11. The lowest BCUT2D eigenvalue weighted by Gasteiger charge is -2.26. The Morgan fingerprint density at radius 3 is 2.63 bits per heavy atom. The van der Waals surface area contributed by atoms with Crippen LogP contribution >= 0.6 is 0 Å². The van der Waals surface area contributed by atoms with Gasteiger partial charge in [0, 0.05) is 5.92 Å². The standard InChI is InChI=1S/C19H24N2O6/c1-3-26-16(22)15-14-10-7-11-19(14,17(23)25-2)20-21(15)18(24)27-12-13-8-5-4-6-9-13/h4-6,8-9,14-15,20H,3,7,10-12H2,1-2H3/t14-,15+,19-/m1/s1. The maximum Gasteiger partial charge on any atom is 0.425 e. The van der Waals surface area contributed by atoms with Crippen LogP contribution in [0.3, 0.4) is 0 Å². The molecule has 1 aromatic rings. The van der Waals surface area contributed by atoms with Crippen molar-refractivity contribution in [3.63, 3.8) is 0 Å². The maximum atomic E-state index is 12.7. The van der Waals surface area contributed by atoms with Gasteiger partial charge in [0.05, 0.1) is 13.7 Å². The van der Waals surface area contributed by atoms with Crippen molar-refractivity contribution in [2.75, 3.05) is 13.7 Å². The molecule has 1 aromatic carbocycles. The summed E-state index contributed by atoms with van der Waals surface area (Å²) < 4.78 is 15.5. The van der Waals surface area contributed by atoms with Crippen molar-refractivity contribution in [3.8, 4) is 0 Å². The average molecular weight is 376 g/mol. The van der Waals surface area contributed by atoms with Gasteiger partial charge < -0.3 is 14.2 Å². The zero-order valence-corrected chi connectivity index (χ0v) is 15.5. The summed E-state index contributed by atoms with van der Waals surface area (Å²) in [6.45, 7) is 1.93. The second-order valence-electron chi connectivity index (χ2n) is 6.68. The molecular formula is C19H24N2O6. The first kappa shape index (κ1) is 19.2. The molecular weight excluding hydrogens is 352 g/mol. The number of amides is 1. The van der Waals surface area contributed by atoms with Crippen molar-refractivity contribution in [1.29, 1.82) is 0 Å². The van der Waals surface area contributed by atoms with Gasteiger partial charge in [0.2, 0.25) is 0 Å². The summed E-state index contributed by atoms with van der Waals surface area (Å²) in [7, 11) is 1.30. The van der Waals surface area contributed by atoms with Gasteiger partial charge in [-0.3, -0.25) is 0 Å². The number of rotatable bonds is 5. The second-order valence-corrected chi connectivity index (χ2v) is 6.68. The van der Waals surface area contributed by atoms with Crippen LogP contribution in [-0.4, -0.2) is 48.3 Å². The Kier molecular flexibility index (Phi) is 5.65. The molecule has 1 amide bonds. The molecule has 0 spiro atoms. The molecule has 0 radical (unpaired) electrons. The molecule has 3 rings (SSSR count). The van der Waals surface area contributed by atoms with E-state index in [-0.39, 0.29) is 13.2 Å². The van der Waals surface area contributed by atoms with Gasteiger partial charge in [-0.05, 0) is 25.3 Å². The van der Waals surface area contributed by atoms with Gasteiger partial charge in [-0.2, -0.15) is 0 Å². The van der Waals surface area contributed by atoms with Crippen LogP contribution in [0.4, 0.5) is 4.79 Å². The zero-order valence-electron chi connectivity index (χ0n) is 15.5. The SMILES string of the molecule is CCOC(=O)[C@@H]1[C@H]2CCC[C@@]2(C(=O)OC)NN1C(=O)OCc1ccccc1. The van der Waals surface area contributed by atoms with E-state index in [1.54, 1.807) is 6.92 Å². The average Bonchev–Trinajstić information content (AvgIpc) is 3.23. The van der Waals surface area contributed by atoms with E-state index in [0.717, 1.165) is 17.0 Å². The molecule has 0 aromatic heterocycles. The van der Waals surface area contributed by atoms with Gasteiger partial charge in [0.15, 0.2) is 6.04 Å². The minimum absolute atomic E-state index is 0.0588. The smallest absolute Gasteiger partial charge is 0.425 e. The Morgan fingerprint density at radius 1 is 1.22 bits per heavy atom. The number of nitrogens with one attached hydrogen (secondary N) is 1. The van der Waals surface area contributed by atoms with Gasteiger partial charge in [-0.1, -0.05) is 36.8 Å². The molecule has 0 bridgehead atoms. The van der Waals surface area contributed by atoms with Gasteiger partial charge in [0.1, 0.15) is 12.1 Å². The Bertz CT molecular complexity index is 709. The van der Waals surface area contributed by atoms with E-state index >= 15 is 0 Å². The number of esters is 2. The van der Waals surface area contributed by atoms with Crippen LogP contribution in [0.2, 0.25) is 0 Å². The van der Waals surface area contributed by atoms with E-state index < -0.39 is 35.5 Å². The molecule has 1 saturated carbocycles. The van der Waals surface area contributed by atoms with Crippen molar-refractivity contribution in [3.05, 3.63) is 35.9 Å². The Labute approximate surface area is 157 Å². The lowest BCUT2D eigenvalue weighted by Crippen LogP contribution is -2.54. The molecule has 3 atom stereocenters. The van der Waals surface area contributed by atoms with Crippen LogP contribution in [0.1, 0.15) is 31.7 Å². The Balaban J connectivity index is 1.82. The number of fused-ring (bicyclic) bond motifs is 1. The number of benzene rings is 1. The largest absolute Gasteiger partial charge is 0.468 e. The Hall–Kier alpha value is -2.61.